The van der Waals surface area contributed by atoms with Gasteiger partial charge in [0.15, 0.2) is 0 Å². The van der Waals surface area contributed by atoms with Gasteiger partial charge in [-0.15, -0.1) is 0 Å². The number of aromatic nitrogens is 2. The van der Waals surface area contributed by atoms with Crippen LogP contribution in [0.4, 0.5) is 5.69 Å². The van der Waals surface area contributed by atoms with Crippen LogP contribution < -0.4 is 10.1 Å². The molecule has 0 saturated carbocycles. The van der Waals surface area contributed by atoms with Gasteiger partial charge in [0.1, 0.15) is 16.8 Å². The number of ether oxygens (including phenoxy) is 1. The molecule has 0 aliphatic heterocycles. The third-order valence-electron chi connectivity index (χ3n) is 2.89. The van der Waals surface area contributed by atoms with E-state index in [1.54, 1.807) is 31.4 Å². The van der Waals surface area contributed by atoms with Gasteiger partial charge in [-0.1, -0.05) is 6.07 Å². The fraction of sp³-hybridized carbons (Fsp3) is 0.0714. The Bertz CT molecular complexity index is 752. The van der Waals surface area contributed by atoms with Crippen molar-refractivity contribution in [3.8, 4) is 5.75 Å². The van der Waals surface area contributed by atoms with Crippen molar-refractivity contribution in [3.63, 3.8) is 0 Å². The Hall–Kier alpha value is -2.47. The van der Waals surface area contributed by atoms with E-state index in [0.29, 0.717) is 22.5 Å². The van der Waals surface area contributed by atoms with E-state index in [9.17, 15) is 4.79 Å². The van der Waals surface area contributed by atoms with Gasteiger partial charge in [0.2, 0.25) is 0 Å². The van der Waals surface area contributed by atoms with Gasteiger partial charge in [0.25, 0.3) is 5.91 Å². The monoisotopic (exact) mass is 285 g/mol. The largest absolute Gasteiger partial charge is 0.497 e. The second kappa shape index (κ2) is 5.26. The lowest BCUT2D eigenvalue weighted by Gasteiger charge is -2.06. The topological polar surface area (TPSA) is 64.1 Å². The minimum absolute atomic E-state index is 0.187. The lowest BCUT2D eigenvalue weighted by atomic mass is 10.2. The van der Waals surface area contributed by atoms with Crippen molar-refractivity contribution in [1.82, 2.24) is 8.75 Å². The number of benzene rings is 2. The molecule has 6 heteroatoms. The van der Waals surface area contributed by atoms with Crippen LogP contribution in [0.2, 0.25) is 0 Å². The molecule has 1 aromatic heterocycles. The van der Waals surface area contributed by atoms with Gasteiger partial charge >= 0.3 is 0 Å². The van der Waals surface area contributed by atoms with Crippen molar-refractivity contribution >= 4 is 34.4 Å². The smallest absolute Gasteiger partial charge is 0.255 e. The number of carbonyl (C=O) groups is 1. The molecule has 0 bridgehead atoms. The van der Waals surface area contributed by atoms with E-state index in [0.717, 1.165) is 17.2 Å². The molecule has 0 atom stereocenters. The van der Waals surface area contributed by atoms with Crippen molar-refractivity contribution in [2.75, 3.05) is 12.4 Å². The van der Waals surface area contributed by atoms with Crippen molar-refractivity contribution in [1.29, 1.82) is 0 Å². The average Bonchev–Trinajstić information content (AvgIpc) is 2.97. The van der Waals surface area contributed by atoms with Crippen LogP contribution in [0.25, 0.3) is 11.0 Å². The second-order valence-electron chi connectivity index (χ2n) is 4.12. The first-order valence-corrected chi connectivity index (χ1v) is 6.67. The summed E-state index contributed by atoms with van der Waals surface area (Å²) in [7, 11) is 1.59. The summed E-state index contributed by atoms with van der Waals surface area (Å²) in [5.41, 5.74) is 2.71. The summed E-state index contributed by atoms with van der Waals surface area (Å²) in [6, 6.07) is 12.4. The minimum Gasteiger partial charge on any atom is -0.497 e. The Morgan fingerprint density at radius 1 is 1.15 bits per heavy atom. The van der Waals surface area contributed by atoms with Crippen LogP contribution in [0.15, 0.2) is 42.5 Å². The van der Waals surface area contributed by atoms with Crippen LogP contribution in [0.3, 0.4) is 0 Å². The maximum atomic E-state index is 12.2. The van der Waals surface area contributed by atoms with Gasteiger partial charge in [-0.2, -0.15) is 8.75 Å². The van der Waals surface area contributed by atoms with E-state index in [-0.39, 0.29) is 5.91 Å². The predicted octanol–water partition coefficient (Wildman–Crippen LogP) is 2.95. The van der Waals surface area contributed by atoms with Crippen molar-refractivity contribution in [2.45, 2.75) is 0 Å². The van der Waals surface area contributed by atoms with Gasteiger partial charge in [-0.25, -0.2) is 0 Å². The Balaban J connectivity index is 1.86. The van der Waals surface area contributed by atoms with Gasteiger partial charge in [0.05, 0.1) is 24.5 Å². The van der Waals surface area contributed by atoms with E-state index in [2.05, 4.69) is 14.1 Å². The minimum atomic E-state index is -0.187. The van der Waals surface area contributed by atoms with Crippen molar-refractivity contribution in [2.24, 2.45) is 0 Å². The number of amides is 1. The summed E-state index contributed by atoms with van der Waals surface area (Å²) < 4.78 is 13.4. The highest BCUT2D eigenvalue weighted by Gasteiger charge is 2.10. The third kappa shape index (κ3) is 2.33. The molecular formula is C14H11N3O2S. The first kappa shape index (κ1) is 12.6. The molecule has 20 heavy (non-hydrogen) atoms. The number of hydrogen-bond acceptors (Lipinski definition) is 5. The molecule has 1 N–H and O–H groups in total. The number of nitrogens with zero attached hydrogens (tertiary/aromatic N) is 2. The molecule has 3 aromatic rings. The van der Waals surface area contributed by atoms with Crippen LogP contribution >= 0.6 is 11.7 Å². The fourth-order valence-corrected chi connectivity index (χ4v) is 2.39. The van der Waals surface area contributed by atoms with Gasteiger partial charge in [-0.3, -0.25) is 4.79 Å². The van der Waals surface area contributed by atoms with Gasteiger partial charge in [-0.05, 0) is 36.4 Å². The molecule has 0 saturated heterocycles. The molecule has 2 aromatic carbocycles. The third-order valence-corrected chi connectivity index (χ3v) is 3.43. The van der Waals surface area contributed by atoms with Crippen LogP contribution in [0.1, 0.15) is 10.4 Å². The van der Waals surface area contributed by atoms with Crippen LogP contribution in [0.5, 0.6) is 5.75 Å². The predicted molar refractivity (Wildman–Crippen MR) is 78.4 cm³/mol. The first-order chi connectivity index (χ1) is 9.78. The molecule has 0 spiro atoms. The van der Waals surface area contributed by atoms with E-state index < -0.39 is 0 Å². The van der Waals surface area contributed by atoms with Crippen LogP contribution in [-0.4, -0.2) is 21.8 Å². The highest BCUT2D eigenvalue weighted by atomic mass is 32.1. The molecule has 0 aliphatic carbocycles. The number of methoxy groups -OCH3 is 1. The summed E-state index contributed by atoms with van der Waals surface area (Å²) in [5.74, 6) is 0.528. The Kier molecular flexibility index (Phi) is 3.30. The molecule has 5 nitrogen and oxygen atoms in total. The van der Waals surface area contributed by atoms with Gasteiger partial charge < -0.3 is 10.1 Å². The molecule has 1 heterocycles. The number of rotatable bonds is 3. The molecule has 1 amide bonds. The molecule has 0 fully saturated rings. The highest BCUT2D eigenvalue weighted by Crippen LogP contribution is 2.22. The zero-order chi connectivity index (χ0) is 13.9. The van der Waals surface area contributed by atoms with E-state index >= 15 is 0 Å². The zero-order valence-corrected chi connectivity index (χ0v) is 11.5. The maximum Gasteiger partial charge on any atom is 0.255 e. The Labute approximate surface area is 119 Å². The summed E-state index contributed by atoms with van der Waals surface area (Å²) in [6.45, 7) is 0. The van der Waals surface area contributed by atoms with Crippen LogP contribution in [-0.2, 0) is 0 Å². The zero-order valence-electron chi connectivity index (χ0n) is 10.7. The first-order valence-electron chi connectivity index (χ1n) is 5.94. The lowest BCUT2D eigenvalue weighted by molar-refractivity contribution is 0.102. The SMILES string of the molecule is COc1ccc(C(=O)Nc2cccc3nsnc23)cc1. The maximum absolute atomic E-state index is 12.2. The summed E-state index contributed by atoms with van der Waals surface area (Å²) >= 11 is 1.13. The second-order valence-corrected chi connectivity index (χ2v) is 4.65. The number of fused-ring (bicyclic) bond motifs is 1. The molecule has 100 valence electrons. The normalized spacial score (nSPS) is 10.4. The molecule has 0 radical (unpaired) electrons. The Morgan fingerprint density at radius 3 is 2.70 bits per heavy atom. The standard InChI is InChI=1S/C14H11N3O2S/c1-19-10-7-5-9(6-8-10)14(18)15-11-3-2-4-12-13(11)17-20-16-12/h2-8H,1H3,(H,15,18). The van der Waals surface area contributed by atoms with E-state index in [1.165, 1.54) is 0 Å². The number of hydrogen-bond donors (Lipinski definition) is 1. The summed E-state index contributed by atoms with van der Waals surface area (Å²) in [6.07, 6.45) is 0. The van der Waals surface area contributed by atoms with Crippen molar-refractivity contribution in [3.05, 3.63) is 48.0 Å². The van der Waals surface area contributed by atoms with Crippen molar-refractivity contribution < 1.29 is 9.53 Å². The number of nitrogens with one attached hydrogen (secondary N) is 1. The highest BCUT2D eigenvalue weighted by molar-refractivity contribution is 7.00. The number of carbonyl (C=O) groups excluding carboxylic acids is 1. The van der Waals surface area contributed by atoms with E-state index in [1.807, 2.05) is 18.2 Å². The lowest BCUT2D eigenvalue weighted by Crippen LogP contribution is -2.12. The van der Waals surface area contributed by atoms with Crippen LogP contribution in [0, 0.1) is 0 Å². The average molecular weight is 285 g/mol. The Morgan fingerprint density at radius 2 is 1.95 bits per heavy atom. The molecule has 0 aliphatic rings. The fourth-order valence-electron chi connectivity index (χ4n) is 1.84. The summed E-state index contributed by atoms with van der Waals surface area (Å²) in [4.78, 5) is 12.2. The molecule has 0 unspecified atom stereocenters. The molecule has 3 rings (SSSR count). The molecular weight excluding hydrogens is 274 g/mol. The van der Waals surface area contributed by atoms with E-state index in [4.69, 9.17) is 4.74 Å². The number of anilines is 1. The summed E-state index contributed by atoms with van der Waals surface area (Å²) in [5, 5.41) is 2.85. The quantitative estimate of drug-likeness (QED) is 0.803. The van der Waals surface area contributed by atoms with Gasteiger partial charge in [0, 0.05) is 5.56 Å².